The van der Waals surface area contributed by atoms with Crippen molar-refractivity contribution in [1.82, 2.24) is 0 Å². The maximum atomic E-state index is 12.2. The standard InChI is InChI=1S/C32H22O4/c33-31(34)27-19-20-28(32(35)36)30(26-17-13-24(14-18-26)22-9-5-2-6-10-22)29(27)25-15-11-23(12-16-25)21-7-3-1-4-8-21/h1-20H,(H,33,34)(H,35,36). The van der Waals surface area contributed by atoms with Gasteiger partial charge in [-0.3, -0.25) is 0 Å². The fourth-order valence-corrected chi connectivity index (χ4v) is 4.48. The van der Waals surface area contributed by atoms with Crippen molar-refractivity contribution in [2.75, 3.05) is 0 Å². The molecule has 0 saturated heterocycles. The topological polar surface area (TPSA) is 74.6 Å². The molecule has 36 heavy (non-hydrogen) atoms. The summed E-state index contributed by atoms with van der Waals surface area (Å²) in [6.07, 6.45) is 0. The van der Waals surface area contributed by atoms with Gasteiger partial charge in [-0.15, -0.1) is 0 Å². The van der Waals surface area contributed by atoms with Crippen LogP contribution < -0.4 is 0 Å². The fraction of sp³-hybridized carbons (Fsp3) is 0. The molecule has 0 spiro atoms. The van der Waals surface area contributed by atoms with E-state index in [0.717, 1.165) is 22.3 Å². The summed E-state index contributed by atoms with van der Waals surface area (Å²) in [6, 6.07) is 37.5. The molecular weight excluding hydrogens is 448 g/mol. The highest BCUT2D eigenvalue weighted by molar-refractivity contribution is 6.08. The van der Waals surface area contributed by atoms with E-state index in [0.29, 0.717) is 22.3 Å². The lowest BCUT2D eigenvalue weighted by Gasteiger charge is -2.17. The minimum Gasteiger partial charge on any atom is -0.478 e. The third kappa shape index (κ3) is 4.40. The Balaban J connectivity index is 1.69. The molecule has 4 heteroatoms. The molecule has 0 aromatic heterocycles. The van der Waals surface area contributed by atoms with Gasteiger partial charge in [0.25, 0.3) is 0 Å². The highest BCUT2D eigenvalue weighted by Crippen LogP contribution is 2.39. The van der Waals surface area contributed by atoms with Crippen LogP contribution >= 0.6 is 0 Å². The van der Waals surface area contributed by atoms with Crippen molar-refractivity contribution in [3.63, 3.8) is 0 Å². The zero-order chi connectivity index (χ0) is 25.1. The van der Waals surface area contributed by atoms with Crippen LogP contribution in [0.15, 0.2) is 121 Å². The molecule has 0 amide bonds. The van der Waals surface area contributed by atoms with E-state index in [4.69, 9.17) is 0 Å². The molecule has 0 unspecified atom stereocenters. The van der Waals surface area contributed by atoms with Gasteiger partial charge in [0.15, 0.2) is 0 Å². The molecule has 5 rings (SSSR count). The first kappa shape index (κ1) is 22.8. The predicted molar refractivity (Wildman–Crippen MR) is 142 cm³/mol. The minimum absolute atomic E-state index is 0.0506. The fourth-order valence-electron chi connectivity index (χ4n) is 4.48. The third-order valence-corrected chi connectivity index (χ3v) is 6.23. The van der Waals surface area contributed by atoms with E-state index >= 15 is 0 Å². The summed E-state index contributed by atoms with van der Waals surface area (Å²) >= 11 is 0. The molecule has 0 aliphatic carbocycles. The molecule has 4 nitrogen and oxygen atoms in total. The third-order valence-electron chi connectivity index (χ3n) is 6.23. The van der Waals surface area contributed by atoms with Gasteiger partial charge in [-0.05, 0) is 45.5 Å². The molecule has 174 valence electrons. The van der Waals surface area contributed by atoms with Crippen molar-refractivity contribution in [2.24, 2.45) is 0 Å². The Bertz CT molecular complexity index is 1420. The van der Waals surface area contributed by atoms with Crippen LogP contribution in [0.5, 0.6) is 0 Å². The summed E-state index contributed by atoms with van der Waals surface area (Å²) in [4.78, 5) is 24.5. The van der Waals surface area contributed by atoms with Crippen LogP contribution in [0.1, 0.15) is 20.7 Å². The Morgan fingerprint density at radius 2 is 0.639 bits per heavy atom. The Labute approximate surface area is 208 Å². The second-order valence-corrected chi connectivity index (χ2v) is 8.41. The lowest BCUT2D eigenvalue weighted by Crippen LogP contribution is -2.07. The van der Waals surface area contributed by atoms with E-state index in [-0.39, 0.29) is 11.1 Å². The van der Waals surface area contributed by atoms with Crippen LogP contribution in [0.2, 0.25) is 0 Å². The van der Waals surface area contributed by atoms with Gasteiger partial charge in [0.1, 0.15) is 0 Å². The van der Waals surface area contributed by atoms with Gasteiger partial charge >= 0.3 is 11.9 Å². The maximum absolute atomic E-state index is 12.2. The Morgan fingerprint density at radius 3 is 0.944 bits per heavy atom. The van der Waals surface area contributed by atoms with Crippen LogP contribution in [-0.4, -0.2) is 22.2 Å². The predicted octanol–water partition coefficient (Wildman–Crippen LogP) is 7.75. The average molecular weight is 471 g/mol. The highest BCUT2D eigenvalue weighted by Gasteiger charge is 2.23. The van der Waals surface area contributed by atoms with Gasteiger partial charge in [0.05, 0.1) is 11.1 Å². The molecule has 0 fully saturated rings. The molecule has 5 aromatic carbocycles. The summed E-state index contributed by atoms with van der Waals surface area (Å²) in [7, 11) is 0. The van der Waals surface area contributed by atoms with E-state index in [1.165, 1.54) is 12.1 Å². The quantitative estimate of drug-likeness (QED) is 0.266. The number of hydrogen-bond donors (Lipinski definition) is 2. The normalized spacial score (nSPS) is 10.7. The van der Waals surface area contributed by atoms with Gasteiger partial charge in [-0.2, -0.15) is 0 Å². The van der Waals surface area contributed by atoms with Gasteiger partial charge < -0.3 is 10.2 Å². The monoisotopic (exact) mass is 470 g/mol. The van der Waals surface area contributed by atoms with Crippen LogP contribution in [0.4, 0.5) is 0 Å². The molecule has 0 saturated carbocycles. The smallest absolute Gasteiger partial charge is 0.336 e. The Kier molecular flexibility index (Phi) is 6.16. The first-order chi connectivity index (χ1) is 17.5. The second-order valence-electron chi connectivity index (χ2n) is 8.41. The van der Waals surface area contributed by atoms with Crippen LogP contribution in [-0.2, 0) is 0 Å². The van der Waals surface area contributed by atoms with Crippen molar-refractivity contribution < 1.29 is 19.8 Å². The lowest BCUT2D eigenvalue weighted by molar-refractivity contribution is 0.0682. The van der Waals surface area contributed by atoms with Gasteiger partial charge in [-0.25, -0.2) is 9.59 Å². The molecule has 0 aliphatic heterocycles. The number of carbonyl (C=O) groups is 2. The summed E-state index contributed by atoms with van der Waals surface area (Å²) in [5.41, 5.74) is 6.19. The lowest BCUT2D eigenvalue weighted by atomic mass is 9.86. The summed E-state index contributed by atoms with van der Waals surface area (Å²) in [5, 5.41) is 20.0. The number of carboxylic acid groups (broad SMARTS) is 2. The van der Waals surface area contributed by atoms with Crippen LogP contribution in [0, 0.1) is 0 Å². The minimum atomic E-state index is -1.11. The van der Waals surface area contributed by atoms with E-state index in [1.54, 1.807) is 0 Å². The molecule has 2 N–H and O–H groups in total. The first-order valence-corrected chi connectivity index (χ1v) is 11.5. The number of aromatic carboxylic acids is 2. The maximum Gasteiger partial charge on any atom is 0.336 e. The molecule has 5 aromatic rings. The number of carboxylic acids is 2. The average Bonchev–Trinajstić information content (AvgIpc) is 2.93. The molecule has 0 bridgehead atoms. The van der Waals surface area contributed by atoms with Gasteiger partial charge in [0.2, 0.25) is 0 Å². The zero-order valence-corrected chi connectivity index (χ0v) is 19.3. The number of hydrogen-bond acceptors (Lipinski definition) is 2. The Morgan fingerprint density at radius 1 is 0.361 bits per heavy atom. The van der Waals surface area contributed by atoms with E-state index in [1.807, 2.05) is 109 Å². The molecule has 0 radical (unpaired) electrons. The van der Waals surface area contributed by atoms with Crippen molar-refractivity contribution in [3.8, 4) is 44.5 Å². The van der Waals surface area contributed by atoms with Crippen molar-refractivity contribution in [1.29, 1.82) is 0 Å². The molecule has 0 atom stereocenters. The van der Waals surface area contributed by atoms with Crippen molar-refractivity contribution in [2.45, 2.75) is 0 Å². The van der Waals surface area contributed by atoms with Crippen molar-refractivity contribution >= 4 is 11.9 Å². The number of rotatable bonds is 6. The summed E-state index contributed by atoms with van der Waals surface area (Å²) in [6.45, 7) is 0. The highest BCUT2D eigenvalue weighted by atomic mass is 16.4. The SMILES string of the molecule is O=C(O)c1ccc(C(=O)O)c(-c2ccc(-c3ccccc3)cc2)c1-c1ccc(-c2ccccc2)cc1. The van der Waals surface area contributed by atoms with E-state index in [9.17, 15) is 19.8 Å². The second kappa shape index (κ2) is 9.72. The molecular formula is C32H22O4. The van der Waals surface area contributed by atoms with Crippen LogP contribution in [0.25, 0.3) is 44.5 Å². The van der Waals surface area contributed by atoms with Crippen molar-refractivity contribution in [3.05, 3.63) is 132 Å². The largest absolute Gasteiger partial charge is 0.478 e. The number of benzene rings is 5. The Hall–Kier alpha value is -4.96. The van der Waals surface area contributed by atoms with E-state index < -0.39 is 11.9 Å². The summed E-state index contributed by atoms with van der Waals surface area (Å²) < 4.78 is 0. The van der Waals surface area contributed by atoms with Gasteiger partial charge in [0, 0.05) is 11.1 Å². The van der Waals surface area contributed by atoms with E-state index in [2.05, 4.69) is 0 Å². The van der Waals surface area contributed by atoms with Crippen LogP contribution in [0.3, 0.4) is 0 Å². The molecule has 0 aliphatic rings. The molecule has 0 heterocycles. The first-order valence-electron chi connectivity index (χ1n) is 11.5. The summed E-state index contributed by atoms with van der Waals surface area (Å²) in [5.74, 6) is -2.23. The van der Waals surface area contributed by atoms with Gasteiger partial charge in [-0.1, -0.05) is 109 Å². The zero-order valence-electron chi connectivity index (χ0n) is 19.3.